The van der Waals surface area contributed by atoms with Crippen LogP contribution in [0.2, 0.25) is 0 Å². The second-order valence-corrected chi connectivity index (χ2v) is 8.29. The van der Waals surface area contributed by atoms with Gasteiger partial charge in [0.25, 0.3) is 10.0 Å². The molecule has 1 heterocycles. The molecule has 28 heavy (non-hydrogen) atoms. The summed E-state index contributed by atoms with van der Waals surface area (Å²) in [6.45, 7) is 2.74. The molecule has 0 fully saturated rings. The van der Waals surface area contributed by atoms with E-state index >= 15 is 0 Å². The molecule has 2 aromatic rings. The SMILES string of the molecule is CCCCOC(=O)/C=C/c1ccccc1CCN(C)S(=O)(=O)c1ccccn1. The summed E-state index contributed by atoms with van der Waals surface area (Å²) < 4.78 is 31.5. The Morgan fingerprint density at radius 1 is 1.18 bits per heavy atom. The molecule has 0 aliphatic rings. The second kappa shape index (κ2) is 10.7. The van der Waals surface area contributed by atoms with Crippen LogP contribution in [-0.4, -0.2) is 43.9 Å². The van der Waals surface area contributed by atoms with E-state index < -0.39 is 10.0 Å². The lowest BCUT2D eigenvalue weighted by atomic mass is 10.0. The monoisotopic (exact) mass is 402 g/mol. The van der Waals surface area contributed by atoms with Gasteiger partial charge in [0.15, 0.2) is 5.03 Å². The number of hydrogen-bond acceptors (Lipinski definition) is 5. The highest BCUT2D eigenvalue weighted by Crippen LogP contribution is 2.15. The highest BCUT2D eigenvalue weighted by atomic mass is 32.2. The van der Waals surface area contributed by atoms with E-state index in [0.29, 0.717) is 19.6 Å². The van der Waals surface area contributed by atoms with Crippen LogP contribution in [0, 0.1) is 0 Å². The van der Waals surface area contributed by atoms with Crippen molar-refractivity contribution in [3.63, 3.8) is 0 Å². The molecule has 0 N–H and O–H groups in total. The fraction of sp³-hybridized carbons (Fsp3) is 0.333. The molecular formula is C21H26N2O4S. The molecule has 0 amide bonds. The van der Waals surface area contributed by atoms with E-state index in [1.165, 1.54) is 29.7 Å². The summed E-state index contributed by atoms with van der Waals surface area (Å²) in [5.74, 6) is -0.377. The number of carbonyl (C=O) groups is 1. The Bertz CT molecular complexity index is 896. The summed E-state index contributed by atoms with van der Waals surface area (Å²) in [6, 6.07) is 12.4. The minimum absolute atomic E-state index is 0.0282. The van der Waals surface area contributed by atoms with Gasteiger partial charge in [-0.3, -0.25) is 0 Å². The van der Waals surface area contributed by atoms with E-state index in [1.807, 2.05) is 31.2 Å². The first-order chi connectivity index (χ1) is 13.4. The molecule has 2 rings (SSSR count). The number of benzene rings is 1. The van der Waals surface area contributed by atoms with Gasteiger partial charge in [0, 0.05) is 25.9 Å². The number of unbranched alkanes of at least 4 members (excludes halogenated alkanes) is 1. The van der Waals surface area contributed by atoms with Gasteiger partial charge in [0.2, 0.25) is 0 Å². The number of aromatic nitrogens is 1. The fourth-order valence-electron chi connectivity index (χ4n) is 2.50. The van der Waals surface area contributed by atoms with Gasteiger partial charge in [-0.2, -0.15) is 4.31 Å². The lowest BCUT2D eigenvalue weighted by Crippen LogP contribution is -2.29. The van der Waals surface area contributed by atoms with Gasteiger partial charge in [-0.25, -0.2) is 18.2 Å². The lowest BCUT2D eigenvalue weighted by molar-refractivity contribution is -0.137. The molecule has 1 aromatic carbocycles. The van der Waals surface area contributed by atoms with Crippen molar-refractivity contribution >= 4 is 22.1 Å². The molecule has 0 aliphatic carbocycles. The molecule has 0 saturated carbocycles. The predicted molar refractivity (Wildman–Crippen MR) is 109 cm³/mol. The fourth-order valence-corrected chi connectivity index (χ4v) is 3.60. The molecule has 1 aromatic heterocycles. The van der Waals surface area contributed by atoms with Gasteiger partial charge >= 0.3 is 5.97 Å². The van der Waals surface area contributed by atoms with Crippen molar-refractivity contribution < 1.29 is 17.9 Å². The Labute approximate surface area is 166 Å². The number of nitrogens with zero attached hydrogens (tertiary/aromatic N) is 2. The average Bonchev–Trinajstić information content (AvgIpc) is 2.71. The second-order valence-electron chi connectivity index (χ2n) is 6.30. The number of ether oxygens (including phenoxy) is 1. The number of pyridine rings is 1. The van der Waals surface area contributed by atoms with Crippen molar-refractivity contribution in [3.05, 3.63) is 65.9 Å². The number of rotatable bonds is 10. The Morgan fingerprint density at radius 3 is 2.64 bits per heavy atom. The largest absolute Gasteiger partial charge is 0.463 e. The van der Waals surface area contributed by atoms with Crippen molar-refractivity contribution in [2.75, 3.05) is 20.2 Å². The number of sulfonamides is 1. The average molecular weight is 403 g/mol. The summed E-state index contributed by atoms with van der Waals surface area (Å²) in [6.07, 6.45) is 6.88. The number of likely N-dealkylation sites (N-methyl/N-ethyl adjacent to an activating group) is 1. The normalized spacial score (nSPS) is 11.8. The molecule has 0 aliphatic heterocycles. The van der Waals surface area contributed by atoms with Crippen molar-refractivity contribution in [1.29, 1.82) is 0 Å². The van der Waals surface area contributed by atoms with E-state index in [-0.39, 0.29) is 11.0 Å². The van der Waals surface area contributed by atoms with Gasteiger partial charge in [-0.05, 0) is 42.2 Å². The summed E-state index contributed by atoms with van der Waals surface area (Å²) >= 11 is 0. The zero-order chi connectivity index (χ0) is 20.4. The first-order valence-corrected chi connectivity index (χ1v) is 10.7. The lowest BCUT2D eigenvalue weighted by Gasteiger charge is -2.17. The molecule has 0 radical (unpaired) electrons. The van der Waals surface area contributed by atoms with E-state index in [2.05, 4.69) is 4.98 Å². The van der Waals surface area contributed by atoms with Crippen molar-refractivity contribution in [2.45, 2.75) is 31.2 Å². The Balaban J connectivity index is 2.02. The zero-order valence-corrected chi connectivity index (χ0v) is 17.1. The quantitative estimate of drug-likeness (QED) is 0.346. The van der Waals surface area contributed by atoms with Crippen LogP contribution in [-0.2, 0) is 26.0 Å². The van der Waals surface area contributed by atoms with Gasteiger partial charge in [-0.1, -0.05) is 43.7 Å². The summed E-state index contributed by atoms with van der Waals surface area (Å²) in [5.41, 5.74) is 1.81. The molecule has 7 heteroatoms. The molecule has 0 unspecified atom stereocenters. The maximum absolute atomic E-state index is 12.6. The zero-order valence-electron chi connectivity index (χ0n) is 16.2. The highest BCUT2D eigenvalue weighted by molar-refractivity contribution is 7.89. The Morgan fingerprint density at radius 2 is 1.93 bits per heavy atom. The summed E-state index contributed by atoms with van der Waals surface area (Å²) in [4.78, 5) is 15.7. The van der Waals surface area contributed by atoms with Crippen LogP contribution < -0.4 is 0 Å². The van der Waals surface area contributed by atoms with E-state index in [1.54, 1.807) is 18.2 Å². The van der Waals surface area contributed by atoms with E-state index in [0.717, 1.165) is 24.0 Å². The van der Waals surface area contributed by atoms with Gasteiger partial charge in [0.05, 0.1) is 6.61 Å². The molecule has 150 valence electrons. The first-order valence-electron chi connectivity index (χ1n) is 9.25. The maximum Gasteiger partial charge on any atom is 0.330 e. The van der Waals surface area contributed by atoms with Crippen molar-refractivity contribution in [3.8, 4) is 0 Å². The molecule has 6 nitrogen and oxygen atoms in total. The van der Waals surface area contributed by atoms with Crippen LogP contribution in [0.25, 0.3) is 6.08 Å². The Hall–Kier alpha value is -2.51. The van der Waals surface area contributed by atoms with Crippen LogP contribution in [0.5, 0.6) is 0 Å². The topological polar surface area (TPSA) is 76.6 Å². The standard InChI is InChI=1S/C21H26N2O4S/c1-3-4-17-27-21(24)13-12-18-9-5-6-10-19(18)14-16-23(2)28(25,26)20-11-7-8-15-22-20/h5-13,15H,3-4,14,16-17H2,1-2H3/b13-12+. The van der Waals surface area contributed by atoms with E-state index in [9.17, 15) is 13.2 Å². The van der Waals surface area contributed by atoms with E-state index in [4.69, 9.17) is 4.74 Å². The minimum atomic E-state index is -3.63. The van der Waals surface area contributed by atoms with Gasteiger partial charge in [-0.15, -0.1) is 0 Å². The summed E-state index contributed by atoms with van der Waals surface area (Å²) in [5, 5.41) is 0.0282. The third-order valence-corrected chi connectivity index (χ3v) is 5.98. The van der Waals surface area contributed by atoms with Gasteiger partial charge < -0.3 is 4.74 Å². The molecule has 0 bridgehead atoms. The minimum Gasteiger partial charge on any atom is -0.463 e. The van der Waals surface area contributed by atoms with Crippen LogP contribution in [0.1, 0.15) is 30.9 Å². The molecule has 0 spiro atoms. The number of hydrogen-bond donors (Lipinski definition) is 0. The third-order valence-electron chi connectivity index (χ3n) is 4.20. The van der Waals surface area contributed by atoms with Gasteiger partial charge in [0.1, 0.15) is 0 Å². The third kappa shape index (κ3) is 6.28. The number of carbonyl (C=O) groups excluding carboxylic acids is 1. The Kier molecular flexibility index (Phi) is 8.35. The number of esters is 1. The summed E-state index contributed by atoms with van der Waals surface area (Å²) in [7, 11) is -2.10. The smallest absolute Gasteiger partial charge is 0.330 e. The predicted octanol–water partition coefficient (Wildman–Crippen LogP) is 3.30. The van der Waals surface area contributed by atoms with Crippen LogP contribution in [0.15, 0.2) is 59.8 Å². The van der Waals surface area contributed by atoms with Crippen LogP contribution in [0.3, 0.4) is 0 Å². The van der Waals surface area contributed by atoms with Crippen molar-refractivity contribution in [2.24, 2.45) is 0 Å². The molecular weight excluding hydrogens is 376 g/mol. The molecule has 0 saturated heterocycles. The van der Waals surface area contributed by atoms with Crippen LogP contribution >= 0.6 is 0 Å². The van der Waals surface area contributed by atoms with Crippen LogP contribution in [0.4, 0.5) is 0 Å². The molecule has 0 atom stereocenters. The maximum atomic E-state index is 12.6. The highest BCUT2D eigenvalue weighted by Gasteiger charge is 2.21. The first kappa shape index (κ1) is 21.8. The van der Waals surface area contributed by atoms with Crippen molar-refractivity contribution in [1.82, 2.24) is 9.29 Å².